The normalized spacial score (nSPS) is 12.6. The lowest BCUT2D eigenvalue weighted by Crippen LogP contribution is -2.16. The first-order valence-electron chi connectivity index (χ1n) is 19.5. The van der Waals surface area contributed by atoms with Crippen LogP contribution in [0, 0.1) is 0 Å². The molecule has 0 aromatic heterocycles. The molecule has 0 saturated heterocycles. The molecule has 56 heavy (non-hydrogen) atoms. The van der Waals surface area contributed by atoms with E-state index in [1.807, 2.05) is 0 Å². The van der Waals surface area contributed by atoms with Gasteiger partial charge in [0.05, 0.1) is 5.69 Å². The average Bonchev–Trinajstić information content (AvgIpc) is 3.50. The van der Waals surface area contributed by atoms with Gasteiger partial charge < -0.3 is 4.90 Å². The van der Waals surface area contributed by atoms with Crippen molar-refractivity contribution in [1.29, 1.82) is 0 Å². The highest BCUT2D eigenvalue weighted by Crippen LogP contribution is 2.56. The minimum absolute atomic E-state index is 0.226. The Morgan fingerprint density at radius 3 is 1.46 bits per heavy atom. The second kappa shape index (κ2) is 13.7. The molecule has 0 saturated carbocycles. The molecule has 1 nitrogen and oxygen atoms in total. The summed E-state index contributed by atoms with van der Waals surface area (Å²) in [4.78, 5) is 2.48. The van der Waals surface area contributed by atoms with Crippen LogP contribution < -0.4 is 4.90 Å². The van der Waals surface area contributed by atoms with Gasteiger partial charge in [0.25, 0.3) is 0 Å². The van der Waals surface area contributed by atoms with E-state index in [9.17, 15) is 0 Å². The second-order valence-electron chi connectivity index (χ2n) is 15.4. The van der Waals surface area contributed by atoms with E-state index in [2.05, 4.69) is 231 Å². The van der Waals surface area contributed by atoms with E-state index < -0.39 is 0 Å². The van der Waals surface area contributed by atoms with Gasteiger partial charge in [-0.05, 0) is 114 Å². The molecule has 10 rings (SSSR count). The summed E-state index contributed by atoms with van der Waals surface area (Å²) in [6.07, 6.45) is 0. The molecule has 1 heteroatoms. The molecule has 1 aliphatic rings. The van der Waals surface area contributed by atoms with Crippen molar-refractivity contribution in [2.45, 2.75) is 19.3 Å². The molecule has 9 aromatic rings. The molecule has 0 amide bonds. The molecule has 0 spiro atoms. The van der Waals surface area contributed by atoms with Crippen molar-refractivity contribution in [1.82, 2.24) is 0 Å². The van der Waals surface area contributed by atoms with Crippen LogP contribution in [-0.4, -0.2) is 0 Å². The average molecular weight is 716 g/mol. The van der Waals surface area contributed by atoms with Crippen molar-refractivity contribution >= 4 is 27.8 Å². The molecule has 0 N–H and O–H groups in total. The summed E-state index contributed by atoms with van der Waals surface area (Å²) in [7, 11) is 0. The van der Waals surface area contributed by atoms with E-state index in [-0.39, 0.29) is 5.41 Å². The predicted molar refractivity (Wildman–Crippen MR) is 238 cm³/mol. The Labute approximate surface area is 329 Å². The Morgan fingerprint density at radius 1 is 0.339 bits per heavy atom. The van der Waals surface area contributed by atoms with E-state index in [1.165, 1.54) is 83.2 Å². The second-order valence-corrected chi connectivity index (χ2v) is 15.4. The molecule has 1 aliphatic carbocycles. The maximum absolute atomic E-state index is 2.48. The van der Waals surface area contributed by atoms with E-state index in [1.54, 1.807) is 0 Å². The number of fused-ring (bicyclic) bond motifs is 4. The third-order valence-corrected chi connectivity index (χ3v) is 11.7. The molecule has 266 valence electrons. The van der Waals surface area contributed by atoms with Gasteiger partial charge in [0.2, 0.25) is 0 Å². The predicted octanol–water partition coefficient (Wildman–Crippen LogP) is 15.3. The molecular weight excluding hydrogens is 675 g/mol. The molecule has 0 radical (unpaired) electrons. The van der Waals surface area contributed by atoms with Crippen LogP contribution >= 0.6 is 0 Å². The van der Waals surface area contributed by atoms with E-state index in [0.29, 0.717) is 0 Å². The summed E-state index contributed by atoms with van der Waals surface area (Å²) >= 11 is 0. The summed E-state index contributed by atoms with van der Waals surface area (Å²) < 4.78 is 0. The van der Waals surface area contributed by atoms with Crippen molar-refractivity contribution < 1.29 is 0 Å². The van der Waals surface area contributed by atoms with Crippen molar-refractivity contribution in [2.24, 2.45) is 0 Å². The van der Waals surface area contributed by atoms with Crippen molar-refractivity contribution in [3.8, 4) is 55.6 Å². The van der Waals surface area contributed by atoms with Crippen LogP contribution in [0.1, 0.15) is 25.0 Å². The molecule has 0 atom stereocenters. The summed E-state index contributed by atoms with van der Waals surface area (Å²) in [5.74, 6) is 0. The van der Waals surface area contributed by atoms with Crippen LogP contribution in [0.4, 0.5) is 17.1 Å². The van der Waals surface area contributed by atoms with Crippen LogP contribution in [0.2, 0.25) is 0 Å². The van der Waals surface area contributed by atoms with Gasteiger partial charge in [-0.15, -0.1) is 0 Å². The highest BCUT2D eigenvalue weighted by molar-refractivity contribution is 6.00. The standard InChI is InChI=1S/C55H41N/c1-55(2)51-35-44(39-17-8-4-9-18-39)29-34-50(51)54-52(55)36-45(40-19-10-5-11-20-40)37-53(54)56(46-30-25-41(26-31-46)38-15-6-3-7-16-38)47-32-27-43(28-33-47)49-24-14-22-42-21-12-13-23-48(42)49/h3-37H,1-2H3. The molecular formula is C55H41N. The zero-order valence-corrected chi connectivity index (χ0v) is 31.7. The molecule has 0 bridgehead atoms. The monoisotopic (exact) mass is 715 g/mol. The third-order valence-electron chi connectivity index (χ3n) is 11.7. The third kappa shape index (κ3) is 5.81. The fourth-order valence-corrected chi connectivity index (χ4v) is 8.74. The number of anilines is 3. The lowest BCUT2D eigenvalue weighted by atomic mass is 9.80. The first kappa shape index (κ1) is 33.6. The number of benzene rings is 9. The van der Waals surface area contributed by atoms with Crippen LogP contribution in [0.15, 0.2) is 212 Å². The van der Waals surface area contributed by atoms with Crippen LogP contribution in [-0.2, 0) is 5.41 Å². The maximum atomic E-state index is 2.48. The van der Waals surface area contributed by atoms with E-state index >= 15 is 0 Å². The summed E-state index contributed by atoms with van der Waals surface area (Å²) in [6, 6.07) is 77.6. The van der Waals surface area contributed by atoms with Gasteiger partial charge in [-0.2, -0.15) is 0 Å². The molecule has 0 heterocycles. The molecule has 0 aliphatic heterocycles. The lowest BCUT2D eigenvalue weighted by molar-refractivity contribution is 0.661. The first-order chi connectivity index (χ1) is 27.5. The van der Waals surface area contributed by atoms with E-state index in [4.69, 9.17) is 0 Å². The van der Waals surface area contributed by atoms with Gasteiger partial charge >= 0.3 is 0 Å². The van der Waals surface area contributed by atoms with Gasteiger partial charge in [0, 0.05) is 22.4 Å². The first-order valence-corrected chi connectivity index (χ1v) is 19.5. The van der Waals surface area contributed by atoms with Crippen molar-refractivity contribution in [3.63, 3.8) is 0 Å². The Balaban J connectivity index is 1.20. The fraction of sp³-hybridized carbons (Fsp3) is 0.0545. The van der Waals surface area contributed by atoms with Crippen LogP contribution in [0.5, 0.6) is 0 Å². The minimum Gasteiger partial charge on any atom is -0.310 e. The SMILES string of the molecule is CC1(C)c2cc(-c3ccccc3)ccc2-c2c(N(c3ccc(-c4ccccc4)cc3)c3ccc(-c4cccc5ccccc45)cc3)cc(-c3ccccc3)cc21. The van der Waals surface area contributed by atoms with E-state index in [0.717, 1.165) is 11.4 Å². The number of hydrogen-bond acceptors (Lipinski definition) is 1. The minimum atomic E-state index is -0.226. The Hall–Kier alpha value is -6.96. The van der Waals surface area contributed by atoms with Gasteiger partial charge in [-0.3, -0.25) is 0 Å². The van der Waals surface area contributed by atoms with Gasteiger partial charge in [-0.1, -0.05) is 184 Å². The number of rotatable bonds is 7. The molecule has 9 aromatic carbocycles. The summed E-state index contributed by atoms with van der Waals surface area (Å²) in [5, 5.41) is 2.51. The topological polar surface area (TPSA) is 3.24 Å². The number of hydrogen-bond donors (Lipinski definition) is 0. The smallest absolute Gasteiger partial charge is 0.0549 e. The largest absolute Gasteiger partial charge is 0.310 e. The fourth-order valence-electron chi connectivity index (χ4n) is 8.74. The highest BCUT2D eigenvalue weighted by atomic mass is 15.1. The Bertz CT molecular complexity index is 2830. The zero-order chi connectivity index (χ0) is 37.6. The zero-order valence-electron chi connectivity index (χ0n) is 31.7. The van der Waals surface area contributed by atoms with Gasteiger partial charge in [-0.25, -0.2) is 0 Å². The van der Waals surface area contributed by atoms with Gasteiger partial charge in [0.1, 0.15) is 0 Å². The quantitative estimate of drug-likeness (QED) is 0.159. The molecule has 0 unspecified atom stereocenters. The van der Waals surface area contributed by atoms with Gasteiger partial charge in [0.15, 0.2) is 0 Å². The van der Waals surface area contributed by atoms with Crippen LogP contribution in [0.25, 0.3) is 66.4 Å². The van der Waals surface area contributed by atoms with Crippen molar-refractivity contribution in [3.05, 3.63) is 223 Å². The summed E-state index contributed by atoms with van der Waals surface area (Å²) in [6.45, 7) is 4.78. The molecule has 0 fully saturated rings. The number of nitrogens with zero attached hydrogens (tertiary/aromatic N) is 1. The maximum Gasteiger partial charge on any atom is 0.0549 e. The lowest BCUT2D eigenvalue weighted by Gasteiger charge is -2.30. The summed E-state index contributed by atoms with van der Waals surface area (Å²) in [5.41, 5.74) is 18.2. The highest BCUT2D eigenvalue weighted by Gasteiger charge is 2.39. The van der Waals surface area contributed by atoms with Crippen molar-refractivity contribution in [2.75, 3.05) is 4.90 Å². The Morgan fingerprint density at radius 2 is 0.821 bits per heavy atom. The van der Waals surface area contributed by atoms with Crippen LogP contribution in [0.3, 0.4) is 0 Å². The Kier molecular flexibility index (Phi) is 8.23.